The fourth-order valence-electron chi connectivity index (χ4n) is 5.85. The van der Waals surface area contributed by atoms with E-state index < -0.39 is 11.9 Å². The van der Waals surface area contributed by atoms with Gasteiger partial charge in [-0.25, -0.2) is 4.79 Å². The number of carbonyl (C=O) groups is 4. The van der Waals surface area contributed by atoms with Gasteiger partial charge < -0.3 is 38.9 Å². The minimum Gasteiger partial charge on any atom is -0.493 e. The van der Waals surface area contributed by atoms with Gasteiger partial charge in [-0.1, -0.05) is 12.1 Å². The largest absolute Gasteiger partial charge is 0.493 e. The third-order valence-electron chi connectivity index (χ3n) is 8.29. The Balaban J connectivity index is 1.07. The number of carbonyl (C=O) groups excluding carboxylic acids is 4. The molecule has 4 heterocycles. The number of benzene rings is 2. The fourth-order valence-corrected chi connectivity index (χ4v) is 5.85. The van der Waals surface area contributed by atoms with E-state index in [4.69, 9.17) is 14.2 Å². The van der Waals surface area contributed by atoms with E-state index in [-0.39, 0.29) is 30.2 Å². The molecule has 0 spiro atoms. The fraction of sp³-hybridized carbons (Fsp3) is 0.265. The summed E-state index contributed by atoms with van der Waals surface area (Å²) in [5.41, 5.74) is 4.30. The van der Waals surface area contributed by atoms with Crippen molar-refractivity contribution in [3.05, 3.63) is 77.7 Å². The molecular formula is C34H34N6O7. The van der Waals surface area contributed by atoms with Crippen LogP contribution in [0.5, 0.6) is 11.5 Å². The van der Waals surface area contributed by atoms with E-state index >= 15 is 0 Å². The highest BCUT2D eigenvalue weighted by Gasteiger charge is 2.32. The highest BCUT2D eigenvalue weighted by Crippen LogP contribution is 2.38. The molecule has 2 aliphatic rings. The minimum absolute atomic E-state index is 0.0295. The van der Waals surface area contributed by atoms with Gasteiger partial charge in [-0.15, -0.1) is 0 Å². The maximum absolute atomic E-state index is 13.1. The Bertz CT molecular complexity index is 1910. The maximum Gasteiger partial charge on any atom is 0.354 e. The lowest BCUT2D eigenvalue weighted by Gasteiger charge is -2.20. The minimum atomic E-state index is -0.452. The first-order valence-corrected chi connectivity index (χ1v) is 15.0. The van der Waals surface area contributed by atoms with Gasteiger partial charge in [-0.3, -0.25) is 19.4 Å². The summed E-state index contributed by atoms with van der Waals surface area (Å²) in [5.74, 6) is -0.748. The molecule has 2 aromatic carbocycles. The van der Waals surface area contributed by atoms with Gasteiger partial charge >= 0.3 is 5.97 Å². The van der Waals surface area contributed by atoms with Gasteiger partial charge in [0.2, 0.25) is 0 Å². The van der Waals surface area contributed by atoms with E-state index in [0.717, 1.165) is 24.1 Å². The standard InChI is InChI=1S/C34H34N6O7/c1-38-18-22(14-28(38)32(42)37-21-9-7-20(8-10-21)26-11-12-27(39(26)2)34(44)46-4)36-31(41)19-47-30-16-25-24(15-29(30)45-3)33(43)40-13-5-6-23(40)17-35-25/h7-12,14-18,23H,5-6,13,19H2,1-4H3,(H,36,41)(H,37,42)/t23-/m0/s1. The second-order valence-electron chi connectivity index (χ2n) is 11.3. The zero-order valence-electron chi connectivity index (χ0n) is 26.4. The molecule has 1 saturated heterocycles. The lowest BCUT2D eigenvalue weighted by atomic mass is 10.1. The molecule has 0 saturated carbocycles. The zero-order chi connectivity index (χ0) is 33.2. The number of ether oxygens (including phenoxy) is 3. The van der Waals surface area contributed by atoms with Crippen LogP contribution in [-0.4, -0.2) is 77.4 Å². The monoisotopic (exact) mass is 638 g/mol. The van der Waals surface area contributed by atoms with Crippen LogP contribution in [0, 0.1) is 0 Å². The maximum atomic E-state index is 13.1. The molecule has 3 amide bonds. The predicted molar refractivity (Wildman–Crippen MR) is 175 cm³/mol. The van der Waals surface area contributed by atoms with Gasteiger partial charge in [-0.05, 0) is 54.8 Å². The summed E-state index contributed by atoms with van der Waals surface area (Å²) in [7, 11) is 6.28. The third kappa shape index (κ3) is 6.19. The summed E-state index contributed by atoms with van der Waals surface area (Å²) < 4.78 is 19.4. The highest BCUT2D eigenvalue weighted by atomic mass is 16.5. The Morgan fingerprint density at radius 2 is 1.72 bits per heavy atom. The number of nitrogens with zero attached hydrogens (tertiary/aromatic N) is 4. The molecular weight excluding hydrogens is 604 g/mol. The Hall–Kier alpha value is -5.85. The Kier molecular flexibility index (Phi) is 8.53. The summed E-state index contributed by atoms with van der Waals surface area (Å²) in [5, 5.41) is 5.62. The third-order valence-corrected chi connectivity index (χ3v) is 8.29. The number of methoxy groups -OCH3 is 2. The molecule has 13 heteroatoms. The van der Waals surface area contributed by atoms with E-state index in [2.05, 4.69) is 15.6 Å². The number of rotatable bonds is 9. The number of amides is 3. The van der Waals surface area contributed by atoms with Crippen LogP contribution in [0.2, 0.25) is 0 Å². The van der Waals surface area contributed by atoms with Crippen molar-refractivity contribution in [2.75, 3.05) is 38.0 Å². The molecule has 2 aliphatic heterocycles. The number of hydrogen-bond donors (Lipinski definition) is 2. The van der Waals surface area contributed by atoms with Crippen molar-refractivity contribution in [1.29, 1.82) is 0 Å². The summed E-state index contributed by atoms with van der Waals surface area (Å²) >= 11 is 0. The van der Waals surface area contributed by atoms with Crippen molar-refractivity contribution in [2.24, 2.45) is 19.1 Å². The first kappa shape index (κ1) is 31.1. The van der Waals surface area contributed by atoms with Crippen molar-refractivity contribution in [1.82, 2.24) is 14.0 Å². The molecule has 0 unspecified atom stereocenters. The van der Waals surface area contributed by atoms with Crippen molar-refractivity contribution >= 4 is 47.0 Å². The number of aromatic nitrogens is 2. The lowest BCUT2D eigenvalue weighted by Crippen LogP contribution is -2.35. The summed E-state index contributed by atoms with van der Waals surface area (Å²) in [6, 6.07) is 15.5. The van der Waals surface area contributed by atoms with Gasteiger partial charge in [0.25, 0.3) is 17.7 Å². The molecule has 6 rings (SSSR count). The Morgan fingerprint density at radius 3 is 2.47 bits per heavy atom. The van der Waals surface area contributed by atoms with Crippen LogP contribution in [0.15, 0.2) is 65.8 Å². The number of fused-ring (bicyclic) bond motifs is 2. The van der Waals surface area contributed by atoms with Gasteiger partial charge in [0.1, 0.15) is 11.4 Å². The van der Waals surface area contributed by atoms with Crippen molar-refractivity contribution < 1.29 is 33.4 Å². The molecule has 2 N–H and O–H groups in total. The molecule has 47 heavy (non-hydrogen) atoms. The van der Waals surface area contributed by atoms with E-state index in [0.29, 0.717) is 46.3 Å². The van der Waals surface area contributed by atoms with Crippen LogP contribution < -0.4 is 20.1 Å². The lowest BCUT2D eigenvalue weighted by molar-refractivity contribution is -0.118. The van der Waals surface area contributed by atoms with Gasteiger partial charge in [0.05, 0.1) is 37.2 Å². The smallest absolute Gasteiger partial charge is 0.354 e. The van der Waals surface area contributed by atoms with Gasteiger partial charge in [-0.2, -0.15) is 0 Å². The quantitative estimate of drug-likeness (QED) is 0.258. The molecule has 0 bridgehead atoms. The van der Waals surface area contributed by atoms with Crippen LogP contribution in [-0.2, 0) is 23.6 Å². The second kappa shape index (κ2) is 12.9. The molecule has 2 aromatic heterocycles. The molecule has 0 radical (unpaired) electrons. The summed E-state index contributed by atoms with van der Waals surface area (Å²) in [6.45, 7) is 0.342. The number of esters is 1. The number of nitrogens with one attached hydrogen (secondary N) is 2. The predicted octanol–water partition coefficient (Wildman–Crippen LogP) is 4.42. The van der Waals surface area contributed by atoms with Crippen molar-refractivity contribution in [2.45, 2.75) is 18.9 Å². The van der Waals surface area contributed by atoms with E-state index in [1.165, 1.54) is 14.2 Å². The molecule has 13 nitrogen and oxygen atoms in total. The van der Waals surface area contributed by atoms with Crippen LogP contribution >= 0.6 is 0 Å². The summed E-state index contributed by atoms with van der Waals surface area (Å²) in [4.78, 5) is 57.3. The van der Waals surface area contributed by atoms with Crippen LogP contribution in [0.3, 0.4) is 0 Å². The van der Waals surface area contributed by atoms with E-state index in [9.17, 15) is 19.2 Å². The Morgan fingerprint density at radius 1 is 0.936 bits per heavy atom. The SMILES string of the molecule is COC(=O)c1ccc(-c2ccc(NC(=O)c3cc(NC(=O)COc4cc5c(cc4OC)C(=O)N4CCC[C@H]4C=N5)cn3C)cc2)n1C. The molecule has 1 atom stereocenters. The topological polar surface area (TPSA) is 145 Å². The first-order valence-electron chi connectivity index (χ1n) is 15.0. The van der Waals surface area contributed by atoms with Gasteiger partial charge in [0.15, 0.2) is 18.1 Å². The van der Waals surface area contributed by atoms with E-state index in [1.54, 1.807) is 72.0 Å². The normalized spacial score (nSPS) is 15.0. The van der Waals surface area contributed by atoms with Crippen LogP contribution in [0.1, 0.15) is 44.2 Å². The molecule has 1 fully saturated rings. The average Bonchev–Trinajstić information content (AvgIpc) is 3.78. The molecule has 4 aromatic rings. The Labute approximate surface area is 270 Å². The van der Waals surface area contributed by atoms with E-state index in [1.807, 2.05) is 23.1 Å². The number of aliphatic imine (C=N–C) groups is 1. The van der Waals surface area contributed by atoms with Crippen molar-refractivity contribution in [3.8, 4) is 22.8 Å². The van der Waals surface area contributed by atoms with Crippen LogP contribution in [0.4, 0.5) is 17.1 Å². The average molecular weight is 639 g/mol. The van der Waals surface area contributed by atoms with Crippen molar-refractivity contribution in [3.63, 3.8) is 0 Å². The highest BCUT2D eigenvalue weighted by molar-refractivity contribution is 6.05. The first-order chi connectivity index (χ1) is 22.7. The number of aryl methyl sites for hydroxylation is 1. The number of hydrogen-bond acceptors (Lipinski definition) is 8. The number of anilines is 2. The molecule has 242 valence electrons. The summed E-state index contributed by atoms with van der Waals surface area (Å²) in [6.07, 6.45) is 5.21. The molecule has 0 aliphatic carbocycles. The second-order valence-corrected chi connectivity index (χ2v) is 11.3. The zero-order valence-corrected chi connectivity index (χ0v) is 26.4. The van der Waals surface area contributed by atoms with Gasteiger partial charge in [0, 0.05) is 50.5 Å². The van der Waals surface area contributed by atoms with Crippen LogP contribution in [0.25, 0.3) is 11.3 Å².